The summed E-state index contributed by atoms with van der Waals surface area (Å²) in [6, 6.07) is 26.5. The lowest BCUT2D eigenvalue weighted by Crippen LogP contribution is -2.32. The molecule has 0 amide bonds. The summed E-state index contributed by atoms with van der Waals surface area (Å²) in [7, 11) is 0. The molecule has 8 nitrogen and oxygen atoms in total. The van der Waals surface area contributed by atoms with Gasteiger partial charge in [0.15, 0.2) is 49.6 Å². The van der Waals surface area contributed by atoms with E-state index in [0.29, 0.717) is 0 Å². The van der Waals surface area contributed by atoms with Crippen molar-refractivity contribution in [2.24, 2.45) is 0 Å². The van der Waals surface area contributed by atoms with Crippen molar-refractivity contribution in [2.45, 2.75) is 105 Å². The number of hydrogen-bond donors (Lipinski definition) is 2. The topological polar surface area (TPSA) is 72.9 Å². The highest BCUT2D eigenvalue weighted by Crippen LogP contribution is 2.38. The van der Waals surface area contributed by atoms with Crippen molar-refractivity contribution < 1.29 is 18.3 Å². The minimum atomic E-state index is 0.896. The smallest absolute Gasteiger partial charge is 0.176 e. The summed E-state index contributed by atoms with van der Waals surface area (Å²) in [6.45, 7) is 12.8. The van der Waals surface area contributed by atoms with E-state index in [-0.39, 0.29) is 0 Å². The van der Waals surface area contributed by atoms with Crippen LogP contribution in [0.4, 0.5) is 0 Å². The van der Waals surface area contributed by atoms with Crippen molar-refractivity contribution >= 4 is 46.4 Å². The van der Waals surface area contributed by atoms with Gasteiger partial charge in [-0.2, -0.15) is 0 Å². The van der Waals surface area contributed by atoms with E-state index < -0.39 is 0 Å². The molecule has 0 fully saturated rings. The number of aromatic nitrogens is 8. The third-order valence-corrected chi connectivity index (χ3v) is 12.4. The molecule has 2 aliphatic heterocycles. The van der Waals surface area contributed by atoms with Gasteiger partial charge < -0.3 is 9.97 Å². The van der Waals surface area contributed by atoms with E-state index in [2.05, 4.69) is 203 Å². The quantitative estimate of drug-likeness (QED) is 0.0951. The Bertz CT molecular complexity index is 2870. The van der Waals surface area contributed by atoms with E-state index in [1.807, 2.05) is 0 Å². The molecule has 7 aromatic rings. The van der Waals surface area contributed by atoms with Crippen LogP contribution in [0.15, 0.2) is 122 Å². The molecule has 322 valence electrons. The van der Waals surface area contributed by atoms with Crippen LogP contribution in [-0.2, 0) is 26.2 Å². The zero-order chi connectivity index (χ0) is 43.8. The fourth-order valence-corrected chi connectivity index (χ4v) is 9.02. The van der Waals surface area contributed by atoms with Gasteiger partial charge in [0.05, 0.1) is 28.3 Å². The largest absolute Gasteiger partial charge is 0.354 e. The van der Waals surface area contributed by atoms with Gasteiger partial charge in [0.25, 0.3) is 0 Å². The molecule has 64 heavy (non-hydrogen) atoms. The number of hydrogen-bond acceptors (Lipinski definition) is 2. The average Bonchev–Trinajstić information content (AvgIpc) is 4.18. The third kappa shape index (κ3) is 9.14. The molecule has 0 spiro atoms. The third-order valence-electron chi connectivity index (χ3n) is 12.4. The van der Waals surface area contributed by atoms with E-state index in [0.717, 1.165) is 167 Å². The molecule has 0 aromatic carbocycles. The molecule has 9 heterocycles. The minimum absolute atomic E-state index is 0.896. The second-order valence-corrected chi connectivity index (χ2v) is 17.2. The number of aryl methyl sites for hydroxylation is 4. The highest BCUT2D eigenvalue weighted by Gasteiger charge is 2.22. The van der Waals surface area contributed by atoms with E-state index in [4.69, 9.17) is 9.97 Å². The van der Waals surface area contributed by atoms with Crippen LogP contribution in [0.25, 0.3) is 90.9 Å². The van der Waals surface area contributed by atoms with Crippen molar-refractivity contribution in [1.29, 1.82) is 0 Å². The summed E-state index contributed by atoms with van der Waals surface area (Å²) >= 11 is 0. The standard InChI is InChI=1S/C56H62N8/c1-5-9-29-61-33-13-17-41(37-61)53-45-21-23-47(57-45)54(42-18-14-34-62(38-42)30-10-6-2)49-25-27-51(59-49)56(44-20-16-36-64(40-44)32-12-8-4)52-28-26-50(60-52)55(48-24-22-46(53)58-48)43-19-15-35-63(39-43)31-11-7-3/h13-28,33-40,57-58H,5-12,29-32H2,1-4H3/q+4. The summed E-state index contributed by atoms with van der Waals surface area (Å²) < 4.78 is 9.25. The first-order valence-electron chi connectivity index (χ1n) is 23.7. The van der Waals surface area contributed by atoms with Gasteiger partial charge in [-0.1, -0.05) is 53.4 Å². The van der Waals surface area contributed by atoms with Crippen molar-refractivity contribution in [2.75, 3.05) is 0 Å². The number of aromatic amines is 2. The van der Waals surface area contributed by atoms with Crippen molar-refractivity contribution in [3.8, 4) is 44.5 Å². The molecular weight excluding hydrogens is 785 g/mol. The summed E-state index contributed by atoms with van der Waals surface area (Å²) in [5, 5.41) is 0. The Kier molecular flexibility index (Phi) is 13.1. The number of nitrogens with zero attached hydrogens (tertiary/aromatic N) is 6. The van der Waals surface area contributed by atoms with Crippen LogP contribution < -0.4 is 18.3 Å². The summed E-state index contributed by atoms with van der Waals surface area (Å²) in [6.07, 6.45) is 35.6. The molecule has 0 saturated carbocycles. The van der Waals surface area contributed by atoms with Crippen LogP contribution in [0.2, 0.25) is 0 Å². The Morgan fingerprint density at radius 1 is 0.359 bits per heavy atom. The number of unbranched alkanes of at least 4 members (excludes halogenated alkanes) is 4. The van der Waals surface area contributed by atoms with E-state index >= 15 is 0 Å². The first kappa shape index (κ1) is 42.5. The Morgan fingerprint density at radius 2 is 0.641 bits per heavy atom. The van der Waals surface area contributed by atoms with Crippen molar-refractivity contribution in [1.82, 2.24) is 19.9 Å². The van der Waals surface area contributed by atoms with Gasteiger partial charge in [-0.15, -0.1) is 0 Å². The molecule has 0 aliphatic carbocycles. The number of fused-ring (bicyclic) bond motifs is 8. The SMILES string of the molecule is CCCC[n+]1cccc(-c2c3nc(c(-c4ccc[n+](CCCC)c4)c4ccc([nH]4)c(-c4ccc[n+](CCCC)c4)c4ccc([nH]4)c(-c4ccc[n+](CCCC)c4)c4nc2C=C4)C=C3)c1. The Labute approximate surface area is 378 Å². The van der Waals surface area contributed by atoms with Crippen LogP contribution in [0.1, 0.15) is 102 Å². The van der Waals surface area contributed by atoms with E-state index in [1.54, 1.807) is 0 Å². The number of pyridine rings is 4. The van der Waals surface area contributed by atoms with Crippen LogP contribution in [0.3, 0.4) is 0 Å². The maximum absolute atomic E-state index is 5.57. The fourth-order valence-electron chi connectivity index (χ4n) is 9.02. The van der Waals surface area contributed by atoms with E-state index in [9.17, 15) is 0 Å². The second-order valence-electron chi connectivity index (χ2n) is 17.2. The monoisotopic (exact) mass is 847 g/mol. The summed E-state index contributed by atoms with van der Waals surface area (Å²) in [4.78, 5) is 19.1. The molecule has 2 N–H and O–H groups in total. The molecular formula is C56H62N8+4. The van der Waals surface area contributed by atoms with Gasteiger partial charge in [0.2, 0.25) is 0 Å². The fraction of sp³-hybridized carbons (Fsp3) is 0.286. The maximum atomic E-state index is 5.57. The van der Waals surface area contributed by atoms with Gasteiger partial charge in [-0.3, -0.25) is 0 Å². The Hall–Kier alpha value is -6.80. The first-order valence-corrected chi connectivity index (χ1v) is 23.7. The van der Waals surface area contributed by atoms with Crippen LogP contribution >= 0.6 is 0 Å². The Morgan fingerprint density at radius 3 is 0.969 bits per heavy atom. The first-order chi connectivity index (χ1) is 31.5. The number of nitrogens with one attached hydrogen (secondary N) is 2. The minimum Gasteiger partial charge on any atom is -0.354 e. The van der Waals surface area contributed by atoms with Gasteiger partial charge in [0, 0.05) is 111 Å². The zero-order valence-electron chi connectivity index (χ0n) is 38.0. The van der Waals surface area contributed by atoms with Crippen LogP contribution in [-0.4, -0.2) is 19.9 Å². The lowest BCUT2D eigenvalue weighted by Gasteiger charge is -2.06. The zero-order valence-corrected chi connectivity index (χ0v) is 38.0. The Balaban J connectivity index is 1.41. The predicted molar refractivity (Wildman–Crippen MR) is 261 cm³/mol. The van der Waals surface area contributed by atoms with Crippen LogP contribution in [0, 0.1) is 0 Å². The van der Waals surface area contributed by atoms with Crippen molar-refractivity contribution in [3.63, 3.8) is 0 Å². The summed E-state index contributed by atoms with van der Waals surface area (Å²) in [5.41, 5.74) is 16.4. The molecule has 0 radical (unpaired) electrons. The highest BCUT2D eigenvalue weighted by atomic mass is 14.9. The lowest BCUT2D eigenvalue weighted by molar-refractivity contribution is -0.697. The predicted octanol–water partition coefficient (Wildman–Crippen LogP) is 11.7. The second kappa shape index (κ2) is 19.7. The summed E-state index contributed by atoms with van der Waals surface area (Å²) in [5.74, 6) is 0. The molecule has 0 saturated heterocycles. The number of rotatable bonds is 16. The molecule has 0 atom stereocenters. The number of H-pyrrole nitrogens is 2. The van der Waals surface area contributed by atoms with Gasteiger partial charge in [-0.05, 0) is 72.8 Å². The molecule has 8 heteroatoms. The van der Waals surface area contributed by atoms with Crippen LogP contribution in [0.5, 0.6) is 0 Å². The van der Waals surface area contributed by atoms with Gasteiger partial charge in [0.1, 0.15) is 26.2 Å². The lowest BCUT2D eigenvalue weighted by atomic mass is 10.0. The molecule has 2 aliphatic rings. The van der Waals surface area contributed by atoms with Gasteiger partial charge >= 0.3 is 0 Å². The van der Waals surface area contributed by atoms with E-state index in [1.165, 1.54) is 0 Å². The molecule has 9 rings (SSSR count). The molecule has 0 unspecified atom stereocenters. The molecule has 7 aromatic heterocycles. The average molecular weight is 847 g/mol. The molecule has 8 bridgehead atoms. The van der Waals surface area contributed by atoms with Gasteiger partial charge in [-0.25, -0.2) is 28.2 Å². The highest BCUT2D eigenvalue weighted by molar-refractivity contribution is 5.99. The normalized spacial score (nSPS) is 12.1. The van der Waals surface area contributed by atoms with Crippen molar-refractivity contribution in [3.05, 3.63) is 145 Å². The maximum Gasteiger partial charge on any atom is 0.176 e.